The van der Waals surface area contributed by atoms with Crippen molar-refractivity contribution in [3.05, 3.63) is 59.7 Å². The maximum atomic E-state index is 5.65. The summed E-state index contributed by atoms with van der Waals surface area (Å²) in [5.41, 5.74) is 6.22. The minimum absolute atomic E-state index is 0.174. The van der Waals surface area contributed by atoms with Crippen LogP contribution < -0.4 is 10.2 Å². The van der Waals surface area contributed by atoms with E-state index in [0.717, 1.165) is 17.0 Å². The van der Waals surface area contributed by atoms with Gasteiger partial charge in [-0.05, 0) is 50.6 Å². The average Bonchev–Trinajstić information content (AvgIpc) is 2.41. The summed E-state index contributed by atoms with van der Waals surface area (Å²) in [6, 6.07) is 16.0. The molecule has 0 aromatic heterocycles. The van der Waals surface area contributed by atoms with E-state index in [0.29, 0.717) is 0 Å². The Bertz CT molecular complexity index is 574. The van der Waals surface area contributed by atoms with Gasteiger partial charge in [0.25, 0.3) is 0 Å². The van der Waals surface area contributed by atoms with Crippen LogP contribution in [0.25, 0.3) is 0 Å². The normalized spacial score (nSPS) is 11.0. The van der Waals surface area contributed by atoms with Crippen molar-refractivity contribution in [1.82, 2.24) is 0 Å². The van der Waals surface area contributed by atoms with Crippen LogP contribution in [0.1, 0.15) is 25.0 Å². The molecule has 1 N–H and O–H groups in total. The van der Waals surface area contributed by atoms with Crippen LogP contribution in [0.15, 0.2) is 53.6 Å². The molecule has 0 aliphatic heterocycles. The topological polar surface area (TPSA) is 33.6 Å². The molecular weight excluding hydrogens is 248 g/mol. The van der Waals surface area contributed by atoms with Crippen molar-refractivity contribution in [2.75, 3.05) is 5.43 Å². The number of rotatable bonds is 5. The third kappa shape index (κ3) is 4.43. The van der Waals surface area contributed by atoms with Gasteiger partial charge in [-0.2, -0.15) is 5.10 Å². The highest BCUT2D eigenvalue weighted by atomic mass is 16.5. The van der Waals surface area contributed by atoms with Crippen molar-refractivity contribution >= 4 is 11.9 Å². The molecule has 0 spiro atoms. The molecular formula is C17H20N2O. The Labute approximate surface area is 120 Å². The Morgan fingerprint density at radius 3 is 2.55 bits per heavy atom. The number of hydrogen-bond donors (Lipinski definition) is 1. The molecule has 3 heteroatoms. The first-order valence-electron chi connectivity index (χ1n) is 6.76. The van der Waals surface area contributed by atoms with E-state index < -0.39 is 0 Å². The van der Waals surface area contributed by atoms with Crippen LogP contribution in [0.3, 0.4) is 0 Å². The van der Waals surface area contributed by atoms with Crippen molar-refractivity contribution in [3.8, 4) is 5.75 Å². The second-order valence-electron chi connectivity index (χ2n) is 4.98. The van der Waals surface area contributed by atoms with Crippen LogP contribution >= 0.6 is 0 Å². The molecule has 3 nitrogen and oxygen atoms in total. The van der Waals surface area contributed by atoms with Crippen molar-refractivity contribution in [2.45, 2.75) is 26.9 Å². The molecule has 104 valence electrons. The fraction of sp³-hybridized carbons (Fsp3) is 0.235. The molecule has 0 unspecified atom stereocenters. The molecule has 2 aromatic rings. The van der Waals surface area contributed by atoms with Gasteiger partial charge in [0.2, 0.25) is 0 Å². The van der Waals surface area contributed by atoms with Crippen LogP contribution in [0.5, 0.6) is 5.75 Å². The number of hydrogen-bond acceptors (Lipinski definition) is 3. The Hall–Kier alpha value is -2.29. The molecule has 0 bridgehead atoms. The summed E-state index contributed by atoms with van der Waals surface area (Å²) >= 11 is 0. The summed E-state index contributed by atoms with van der Waals surface area (Å²) in [6.45, 7) is 6.09. The van der Waals surface area contributed by atoms with Crippen molar-refractivity contribution in [1.29, 1.82) is 0 Å². The summed E-state index contributed by atoms with van der Waals surface area (Å²) in [6.07, 6.45) is 1.96. The number of hydrazone groups is 1. The predicted molar refractivity (Wildman–Crippen MR) is 84.6 cm³/mol. The SMILES string of the molecule is Cc1ccc(N/N=C/c2cccc(OC(C)C)c2)cc1. The lowest BCUT2D eigenvalue weighted by Gasteiger charge is -2.09. The lowest BCUT2D eigenvalue weighted by Crippen LogP contribution is -2.05. The maximum absolute atomic E-state index is 5.65. The lowest BCUT2D eigenvalue weighted by molar-refractivity contribution is 0.242. The Morgan fingerprint density at radius 2 is 1.85 bits per heavy atom. The highest BCUT2D eigenvalue weighted by Crippen LogP contribution is 2.14. The second-order valence-corrected chi connectivity index (χ2v) is 4.98. The zero-order valence-electron chi connectivity index (χ0n) is 12.1. The summed E-state index contributed by atoms with van der Waals surface area (Å²) in [7, 11) is 0. The molecule has 2 rings (SSSR count). The average molecular weight is 268 g/mol. The third-order valence-corrected chi connectivity index (χ3v) is 2.69. The minimum atomic E-state index is 0.174. The standard InChI is InChI=1S/C17H20N2O/c1-13(2)20-17-6-4-5-15(11-17)12-18-19-16-9-7-14(3)8-10-16/h4-13,19H,1-3H3/b18-12+. The monoisotopic (exact) mass is 268 g/mol. The first-order valence-corrected chi connectivity index (χ1v) is 6.76. The summed E-state index contributed by atoms with van der Waals surface area (Å²) < 4.78 is 5.65. The first-order chi connectivity index (χ1) is 9.63. The highest BCUT2D eigenvalue weighted by molar-refractivity contribution is 5.80. The lowest BCUT2D eigenvalue weighted by atomic mass is 10.2. The molecule has 2 aromatic carbocycles. The zero-order chi connectivity index (χ0) is 14.4. The van der Waals surface area contributed by atoms with Gasteiger partial charge in [-0.15, -0.1) is 0 Å². The molecule has 0 saturated heterocycles. The van der Waals surface area contributed by atoms with Crippen molar-refractivity contribution < 1.29 is 4.74 Å². The van der Waals surface area contributed by atoms with E-state index in [1.807, 2.05) is 50.2 Å². The van der Waals surface area contributed by atoms with Gasteiger partial charge in [0.05, 0.1) is 18.0 Å². The van der Waals surface area contributed by atoms with Crippen LogP contribution in [-0.4, -0.2) is 12.3 Å². The number of aryl methyl sites for hydroxylation is 1. The van der Waals surface area contributed by atoms with Crippen molar-refractivity contribution in [2.24, 2.45) is 5.10 Å². The molecule has 0 radical (unpaired) electrons. The number of ether oxygens (including phenoxy) is 1. The van der Waals surface area contributed by atoms with Gasteiger partial charge in [0.15, 0.2) is 0 Å². The van der Waals surface area contributed by atoms with E-state index in [2.05, 4.69) is 29.6 Å². The zero-order valence-corrected chi connectivity index (χ0v) is 12.1. The molecule has 0 aliphatic carbocycles. The highest BCUT2D eigenvalue weighted by Gasteiger charge is 1.97. The molecule has 0 amide bonds. The van der Waals surface area contributed by atoms with Gasteiger partial charge in [-0.25, -0.2) is 0 Å². The van der Waals surface area contributed by atoms with E-state index in [-0.39, 0.29) is 6.10 Å². The van der Waals surface area contributed by atoms with Gasteiger partial charge in [-0.3, -0.25) is 5.43 Å². The smallest absolute Gasteiger partial charge is 0.120 e. The molecule has 20 heavy (non-hydrogen) atoms. The first kappa shape index (κ1) is 14.1. The van der Waals surface area contributed by atoms with E-state index in [4.69, 9.17) is 4.74 Å². The number of nitrogens with zero attached hydrogens (tertiary/aromatic N) is 1. The molecule has 0 saturated carbocycles. The van der Waals surface area contributed by atoms with Crippen LogP contribution in [0.2, 0.25) is 0 Å². The fourth-order valence-electron chi connectivity index (χ4n) is 1.75. The van der Waals surface area contributed by atoms with E-state index in [9.17, 15) is 0 Å². The van der Waals surface area contributed by atoms with Gasteiger partial charge >= 0.3 is 0 Å². The predicted octanol–water partition coefficient (Wildman–Crippen LogP) is 4.23. The Morgan fingerprint density at radius 1 is 1.10 bits per heavy atom. The Balaban J connectivity index is 1.98. The van der Waals surface area contributed by atoms with Gasteiger partial charge in [-0.1, -0.05) is 29.8 Å². The number of anilines is 1. The van der Waals surface area contributed by atoms with E-state index in [1.165, 1.54) is 5.56 Å². The van der Waals surface area contributed by atoms with Gasteiger partial charge in [0.1, 0.15) is 5.75 Å². The molecule has 0 aliphatic rings. The largest absolute Gasteiger partial charge is 0.491 e. The Kier molecular flexibility index (Phi) is 4.77. The third-order valence-electron chi connectivity index (χ3n) is 2.69. The van der Waals surface area contributed by atoms with E-state index in [1.54, 1.807) is 6.21 Å². The van der Waals surface area contributed by atoms with Gasteiger partial charge < -0.3 is 4.74 Å². The molecule has 0 atom stereocenters. The second kappa shape index (κ2) is 6.75. The fourth-order valence-corrected chi connectivity index (χ4v) is 1.75. The summed E-state index contributed by atoms with van der Waals surface area (Å²) in [5, 5.41) is 4.23. The van der Waals surface area contributed by atoms with E-state index >= 15 is 0 Å². The summed E-state index contributed by atoms with van der Waals surface area (Å²) in [5.74, 6) is 0.860. The quantitative estimate of drug-likeness (QED) is 0.650. The van der Waals surface area contributed by atoms with Crippen LogP contribution in [-0.2, 0) is 0 Å². The van der Waals surface area contributed by atoms with Crippen LogP contribution in [0.4, 0.5) is 5.69 Å². The van der Waals surface area contributed by atoms with Gasteiger partial charge in [0, 0.05) is 0 Å². The minimum Gasteiger partial charge on any atom is -0.491 e. The number of benzene rings is 2. The summed E-state index contributed by atoms with van der Waals surface area (Å²) in [4.78, 5) is 0. The van der Waals surface area contributed by atoms with Crippen molar-refractivity contribution in [3.63, 3.8) is 0 Å². The molecule has 0 heterocycles. The number of nitrogens with one attached hydrogen (secondary N) is 1. The maximum Gasteiger partial charge on any atom is 0.120 e. The molecule has 0 fully saturated rings. The van der Waals surface area contributed by atoms with Crippen LogP contribution in [0, 0.1) is 6.92 Å².